The van der Waals surface area contributed by atoms with Crippen molar-refractivity contribution in [3.63, 3.8) is 0 Å². The summed E-state index contributed by atoms with van der Waals surface area (Å²) in [5.41, 5.74) is -4.69. The van der Waals surface area contributed by atoms with Gasteiger partial charge in [0.15, 0.2) is 12.6 Å². The number of carbonyl (C=O) groups excluding carboxylic acids is 1. The summed E-state index contributed by atoms with van der Waals surface area (Å²) in [5.74, 6) is -2.77. The third kappa shape index (κ3) is 8.84. The molecule has 0 aliphatic carbocycles. The Morgan fingerprint density at radius 2 is 1.62 bits per heavy atom. The molecule has 4 rings (SSSR count). The molecule has 0 aromatic carbocycles. The topological polar surface area (TPSA) is 181 Å². The van der Waals surface area contributed by atoms with Crippen molar-refractivity contribution >= 4 is 5.97 Å². The van der Waals surface area contributed by atoms with Crippen molar-refractivity contribution in [1.29, 1.82) is 0 Å². The van der Waals surface area contributed by atoms with Gasteiger partial charge in [0.2, 0.25) is 0 Å². The minimum Gasteiger partial charge on any atom is -0.459 e. The summed E-state index contributed by atoms with van der Waals surface area (Å²) in [6.45, 7) is 18.8. The van der Waals surface area contributed by atoms with Gasteiger partial charge in [0.1, 0.15) is 29.0 Å². The van der Waals surface area contributed by atoms with Crippen LogP contribution in [0, 0.1) is 17.8 Å². The Balaban J connectivity index is 1.79. The van der Waals surface area contributed by atoms with Gasteiger partial charge < -0.3 is 63.8 Å². The summed E-state index contributed by atoms with van der Waals surface area (Å²) in [6, 6.07) is -0.537. The Morgan fingerprint density at radius 3 is 2.17 bits per heavy atom. The summed E-state index contributed by atoms with van der Waals surface area (Å²) >= 11 is 0. The normalized spacial score (nSPS) is 51.5. The van der Waals surface area contributed by atoms with Gasteiger partial charge in [-0.25, -0.2) is 0 Å². The highest BCUT2D eigenvalue weighted by Gasteiger charge is 2.67. The molecule has 4 fully saturated rings. The van der Waals surface area contributed by atoms with Gasteiger partial charge in [0.25, 0.3) is 0 Å². The second-order valence-corrected chi connectivity index (χ2v) is 17.3. The highest BCUT2D eigenvalue weighted by atomic mass is 16.7. The Hall–Kier alpha value is -1.01. The summed E-state index contributed by atoms with van der Waals surface area (Å²) in [6.07, 6.45) is -6.53. The minimum absolute atomic E-state index is 0.193. The third-order valence-electron chi connectivity index (χ3n) is 12.6. The van der Waals surface area contributed by atoms with Crippen molar-refractivity contribution < 1.29 is 58.4 Å². The second kappa shape index (κ2) is 16.6. The molecule has 2 unspecified atom stereocenters. The number of cyclic esters (lactones) is 1. The maximum Gasteiger partial charge on any atom is 0.311 e. The molecule has 4 heterocycles. The highest BCUT2D eigenvalue weighted by Crippen LogP contribution is 2.51. The van der Waals surface area contributed by atoms with Gasteiger partial charge >= 0.3 is 5.97 Å². The van der Waals surface area contributed by atoms with Crippen LogP contribution in [0.5, 0.6) is 0 Å². The van der Waals surface area contributed by atoms with Crippen LogP contribution >= 0.6 is 0 Å². The third-order valence-corrected chi connectivity index (χ3v) is 12.6. The first kappa shape index (κ1) is 43.7. The van der Waals surface area contributed by atoms with Crippen molar-refractivity contribution in [3.8, 4) is 0 Å². The molecular formula is C38H70N2O12. The lowest BCUT2D eigenvalue weighted by Crippen LogP contribution is -2.61. The monoisotopic (exact) mass is 746 g/mol. The Morgan fingerprint density at radius 1 is 0.981 bits per heavy atom. The molecule has 4 saturated heterocycles. The number of epoxide rings is 1. The number of carbonyl (C=O) groups is 1. The zero-order valence-electron chi connectivity index (χ0n) is 33.8. The van der Waals surface area contributed by atoms with Crippen LogP contribution in [0.1, 0.15) is 94.9 Å². The number of nitrogens with one attached hydrogen (secondary N) is 1. The molecule has 0 radical (unpaired) electrons. The molecule has 14 heteroatoms. The van der Waals surface area contributed by atoms with Crippen LogP contribution in [0.3, 0.4) is 0 Å². The zero-order chi connectivity index (χ0) is 39.1. The molecule has 304 valence electrons. The molecule has 4 aliphatic rings. The number of aliphatic hydroxyl groups is 4. The van der Waals surface area contributed by atoms with Gasteiger partial charge in [-0.1, -0.05) is 20.8 Å². The number of ether oxygens (including phenoxy) is 7. The second-order valence-electron chi connectivity index (χ2n) is 17.3. The van der Waals surface area contributed by atoms with E-state index in [0.29, 0.717) is 26.0 Å². The van der Waals surface area contributed by atoms with E-state index >= 15 is 0 Å². The molecule has 18 atom stereocenters. The van der Waals surface area contributed by atoms with Crippen molar-refractivity contribution in [3.05, 3.63) is 0 Å². The molecule has 0 amide bonds. The smallest absolute Gasteiger partial charge is 0.311 e. The maximum absolute atomic E-state index is 14.2. The average molecular weight is 747 g/mol. The zero-order valence-corrected chi connectivity index (χ0v) is 33.8. The highest BCUT2D eigenvalue weighted by molar-refractivity contribution is 5.73. The fraction of sp³-hybridized carbons (Fsp3) is 0.974. The fourth-order valence-electron chi connectivity index (χ4n) is 9.01. The standard InChI is InChI=1S/C38H70N2O12/c1-14-27-37(10,45)31(42)20(2)18-39-21(3)16-35(8,44)32(52-34-29(41)26(40(11)12)15-22(4)48-34)23(5)30(24(6)33(43)50-27)51-28-17-36(9,46-13)38(19-47-38)25(7)49-28/h20-32,34,39,41-42,44-45H,14-19H2,1-13H3/t20-,21+,22+,23-,24?,25-,26-,27+,28?,29+,30+,31+,32+,34-,35-,36+,37+,38+/m0/s1. The van der Waals surface area contributed by atoms with Gasteiger partial charge in [0.05, 0.1) is 48.6 Å². The molecule has 0 aromatic rings. The predicted octanol–water partition coefficient (Wildman–Crippen LogP) is 1.97. The molecule has 5 N–H and O–H groups in total. The van der Waals surface area contributed by atoms with E-state index in [2.05, 4.69) is 5.32 Å². The van der Waals surface area contributed by atoms with E-state index in [1.165, 1.54) is 6.92 Å². The van der Waals surface area contributed by atoms with E-state index in [0.717, 1.165) is 0 Å². The first-order chi connectivity index (χ1) is 24.0. The number of hydrogen-bond acceptors (Lipinski definition) is 14. The molecule has 0 bridgehead atoms. The Labute approximate surface area is 311 Å². The number of methoxy groups -OCH3 is 1. The summed E-state index contributed by atoms with van der Waals surface area (Å²) in [4.78, 5) is 16.2. The van der Waals surface area contributed by atoms with E-state index in [9.17, 15) is 25.2 Å². The molecular weight excluding hydrogens is 676 g/mol. The minimum atomic E-state index is -1.76. The van der Waals surface area contributed by atoms with Gasteiger partial charge in [-0.3, -0.25) is 4.79 Å². The Kier molecular flexibility index (Phi) is 14.0. The molecule has 52 heavy (non-hydrogen) atoms. The number of likely N-dealkylation sites (N-methyl/N-ethyl adjacent to an activating group) is 1. The van der Waals surface area contributed by atoms with Gasteiger partial charge in [-0.2, -0.15) is 0 Å². The van der Waals surface area contributed by atoms with E-state index in [4.69, 9.17) is 33.2 Å². The van der Waals surface area contributed by atoms with Crippen LogP contribution in [0.4, 0.5) is 0 Å². The van der Waals surface area contributed by atoms with Crippen LogP contribution in [0.15, 0.2) is 0 Å². The average Bonchev–Trinajstić information content (AvgIpc) is 3.88. The molecule has 0 aromatic heterocycles. The Bertz CT molecular complexity index is 1180. The van der Waals surface area contributed by atoms with Crippen molar-refractivity contribution in [2.75, 3.05) is 34.4 Å². The number of rotatable bonds is 7. The number of esters is 1. The van der Waals surface area contributed by atoms with E-state index in [1.54, 1.807) is 27.9 Å². The quantitative estimate of drug-likeness (QED) is 0.189. The van der Waals surface area contributed by atoms with Crippen LogP contribution in [-0.2, 0) is 38.0 Å². The molecule has 14 nitrogen and oxygen atoms in total. The molecule has 4 aliphatic heterocycles. The van der Waals surface area contributed by atoms with Crippen LogP contribution in [0.25, 0.3) is 0 Å². The van der Waals surface area contributed by atoms with Gasteiger partial charge in [0, 0.05) is 38.1 Å². The van der Waals surface area contributed by atoms with Crippen molar-refractivity contribution in [1.82, 2.24) is 10.2 Å². The lowest BCUT2D eigenvalue weighted by atomic mass is 9.78. The summed E-state index contributed by atoms with van der Waals surface area (Å²) < 4.78 is 44.1. The van der Waals surface area contributed by atoms with E-state index < -0.39 is 95.3 Å². The first-order valence-corrected chi connectivity index (χ1v) is 19.3. The summed E-state index contributed by atoms with van der Waals surface area (Å²) in [7, 11) is 5.42. The number of nitrogens with zero attached hydrogens (tertiary/aromatic N) is 1. The lowest BCUT2D eigenvalue weighted by Gasteiger charge is -2.49. The van der Waals surface area contributed by atoms with Crippen LogP contribution in [-0.4, -0.2) is 155 Å². The SMILES string of the molecule is CC[C@H]1OC(=O)C(C)[C@H](OC2C[C@@](C)(OC)[C@@]3(CO3)[C@H](C)O2)[C@H](C)[C@@H](O[C@@H]2O[C@H](C)C[C@H](N(C)C)[C@H]2O)[C@@](C)(O)C[C@@H](C)NC[C@H](C)[C@@H](O)[C@]1(C)O. The van der Waals surface area contributed by atoms with Gasteiger partial charge in [-0.05, 0) is 87.7 Å². The lowest BCUT2D eigenvalue weighted by molar-refractivity contribution is -0.315. The molecule has 0 saturated carbocycles. The predicted molar refractivity (Wildman–Crippen MR) is 192 cm³/mol. The first-order valence-electron chi connectivity index (χ1n) is 19.3. The summed E-state index contributed by atoms with van der Waals surface area (Å²) in [5, 5.41) is 50.4. The largest absolute Gasteiger partial charge is 0.459 e. The number of hydrogen-bond donors (Lipinski definition) is 5. The van der Waals surface area contributed by atoms with Crippen molar-refractivity contribution in [2.45, 2.75) is 185 Å². The van der Waals surface area contributed by atoms with Gasteiger partial charge in [-0.15, -0.1) is 0 Å². The molecule has 1 spiro atoms. The van der Waals surface area contributed by atoms with E-state index in [-0.39, 0.29) is 31.0 Å². The van der Waals surface area contributed by atoms with Crippen LogP contribution < -0.4 is 5.32 Å². The number of aliphatic hydroxyl groups excluding tert-OH is 2. The van der Waals surface area contributed by atoms with E-state index in [1.807, 2.05) is 60.5 Å². The van der Waals surface area contributed by atoms with Crippen LogP contribution in [0.2, 0.25) is 0 Å². The maximum atomic E-state index is 14.2. The fourth-order valence-corrected chi connectivity index (χ4v) is 9.01. The van der Waals surface area contributed by atoms with Crippen molar-refractivity contribution in [2.24, 2.45) is 17.8 Å².